The fourth-order valence-corrected chi connectivity index (χ4v) is 1.71. The molecule has 0 heterocycles. The molecule has 0 unspecified atom stereocenters. The lowest BCUT2D eigenvalue weighted by molar-refractivity contribution is 0.0792. The second kappa shape index (κ2) is 7.34. The third-order valence-electron chi connectivity index (χ3n) is 2.45. The summed E-state index contributed by atoms with van der Waals surface area (Å²) >= 11 is 5.92. The fourth-order valence-electron chi connectivity index (χ4n) is 1.55. The monoisotopic (exact) mass is 292 g/mol. The first-order valence-corrected chi connectivity index (χ1v) is 5.77. The molecule has 0 radical (unpaired) electrons. The highest BCUT2D eigenvalue weighted by Crippen LogP contribution is 2.29. The molecular weight excluding hydrogens is 275 g/mol. The Morgan fingerprint density at radius 1 is 1.50 bits per heavy atom. The number of anilines is 1. The molecule has 4 nitrogen and oxygen atoms in total. The molecule has 102 valence electrons. The highest BCUT2D eigenvalue weighted by atomic mass is 35.5. The van der Waals surface area contributed by atoms with Crippen LogP contribution in [0.25, 0.3) is 0 Å². The predicted octanol–water partition coefficient (Wildman–Crippen LogP) is 2.83. The maximum atomic E-state index is 12.1. The zero-order valence-corrected chi connectivity index (χ0v) is 12.3. The van der Waals surface area contributed by atoms with Gasteiger partial charge in [-0.1, -0.05) is 18.5 Å². The van der Waals surface area contributed by atoms with Gasteiger partial charge in [0.2, 0.25) is 0 Å². The molecule has 1 aromatic carbocycles. The summed E-state index contributed by atoms with van der Waals surface area (Å²) in [7, 11) is 3.24. The highest BCUT2D eigenvalue weighted by Gasteiger charge is 2.17. The Hall–Kier alpha value is -1.13. The topological polar surface area (TPSA) is 55.6 Å². The number of amides is 1. The molecule has 0 aliphatic rings. The van der Waals surface area contributed by atoms with Crippen LogP contribution in [-0.4, -0.2) is 31.5 Å². The van der Waals surface area contributed by atoms with Crippen LogP contribution in [0.2, 0.25) is 5.02 Å². The molecule has 0 aromatic heterocycles. The molecule has 18 heavy (non-hydrogen) atoms. The summed E-state index contributed by atoms with van der Waals surface area (Å²) in [5.41, 5.74) is 6.50. The van der Waals surface area contributed by atoms with E-state index in [0.29, 0.717) is 28.6 Å². The van der Waals surface area contributed by atoms with Crippen molar-refractivity contribution in [2.24, 2.45) is 0 Å². The predicted molar refractivity (Wildman–Crippen MR) is 76.9 cm³/mol. The number of ether oxygens (including phenoxy) is 1. The van der Waals surface area contributed by atoms with Gasteiger partial charge in [0.15, 0.2) is 0 Å². The molecule has 1 amide bonds. The first-order valence-electron chi connectivity index (χ1n) is 5.39. The lowest BCUT2D eigenvalue weighted by Gasteiger charge is -2.18. The van der Waals surface area contributed by atoms with E-state index in [4.69, 9.17) is 22.1 Å². The zero-order valence-electron chi connectivity index (χ0n) is 10.7. The average Bonchev–Trinajstić information content (AvgIpc) is 2.31. The number of carbonyl (C=O) groups excluding carboxylic acids is 1. The Balaban J connectivity index is 0.00000289. The molecule has 1 aromatic rings. The molecule has 1 rings (SSSR count). The Kier molecular flexibility index (Phi) is 6.88. The third kappa shape index (κ3) is 3.68. The van der Waals surface area contributed by atoms with Gasteiger partial charge >= 0.3 is 0 Å². The third-order valence-corrected chi connectivity index (χ3v) is 2.78. The summed E-state index contributed by atoms with van der Waals surface area (Å²) < 4.78 is 5.14. The second-order valence-corrected chi connectivity index (χ2v) is 4.21. The van der Waals surface area contributed by atoms with Gasteiger partial charge in [-0.15, -0.1) is 12.4 Å². The molecule has 0 saturated carbocycles. The maximum absolute atomic E-state index is 12.1. The van der Waals surface area contributed by atoms with E-state index < -0.39 is 0 Å². The van der Waals surface area contributed by atoms with Crippen LogP contribution in [0.3, 0.4) is 0 Å². The molecule has 0 fully saturated rings. The summed E-state index contributed by atoms with van der Waals surface area (Å²) in [4.78, 5) is 13.8. The Bertz CT molecular complexity index is 425. The van der Waals surface area contributed by atoms with Gasteiger partial charge in [0.25, 0.3) is 5.91 Å². The van der Waals surface area contributed by atoms with Crippen molar-refractivity contribution in [2.75, 3.05) is 26.4 Å². The van der Waals surface area contributed by atoms with Crippen LogP contribution in [0.4, 0.5) is 5.69 Å². The van der Waals surface area contributed by atoms with Gasteiger partial charge in [0.05, 0.1) is 23.4 Å². The second-order valence-electron chi connectivity index (χ2n) is 3.80. The van der Waals surface area contributed by atoms with Crippen LogP contribution in [0, 0.1) is 0 Å². The summed E-state index contributed by atoms with van der Waals surface area (Å²) in [6.07, 6.45) is 0.896. The number of carbonyl (C=O) groups is 1. The van der Waals surface area contributed by atoms with Crippen molar-refractivity contribution < 1.29 is 9.53 Å². The first-order chi connectivity index (χ1) is 8.01. The van der Waals surface area contributed by atoms with Crippen molar-refractivity contribution in [3.05, 3.63) is 22.7 Å². The number of hydrogen-bond acceptors (Lipinski definition) is 3. The van der Waals surface area contributed by atoms with E-state index in [1.807, 2.05) is 6.92 Å². The van der Waals surface area contributed by atoms with Crippen molar-refractivity contribution in [1.29, 1.82) is 0 Å². The van der Waals surface area contributed by atoms with E-state index in [-0.39, 0.29) is 18.3 Å². The molecule has 0 aliphatic carbocycles. The Labute approximate surface area is 118 Å². The number of nitrogens with two attached hydrogens (primary N) is 1. The molecule has 0 bridgehead atoms. The van der Waals surface area contributed by atoms with Gasteiger partial charge < -0.3 is 15.4 Å². The normalized spacial score (nSPS) is 9.56. The highest BCUT2D eigenvalue weighted by molar-refractivity contribution is 6.33. The van der Waals surface area contributed by atoms with E-state index in [0.717, 1.165) is 6.42 Å². The average molecular weight is 293 g/mol. The van der Waals surface area contributed by atoms with E-state index in [9.17, 15) is 4.79 Å². The van der Waals surface area contributed by atoms with Gasteiger partial charge in [-0.3, -0.25) is 4.79 Å². The van der Waals surface area contributed by atoms with Gasteiger partial charge in [-0.05, 0) is 12.5 Å². The van der Waals surface area contributed by atoms with Gasteiger partial charge in [0, 0.05) is 19.7 Å². The van der Waals surface area contributed by atoms with Crippen LogP contribution < -0.4 is 10.5 Å². The summed E-state index contributed by atoms with van der Waals surface area (Å²) in [5, 5.41) is 0.360. The van der Waals surface area contributed by atoms with Gasteiger partial charge in [0.1, 0.15) is 5.75 Å². The number of benzene rings is 1. The smallest absolute Gasteiger partial charge is 0.257 e. The van der Waals surface area contributed by atoms with E-state index in [2.05, 4.69) is 0 Å². The van der Waals surface area contributed by atoms with E-state index >= 15 is 0 Å². The number of nitrogens with zero attached hydrogens (tertiary/aromatic N) is 1. The quantitative estimate of drug-likeness (QED) is 0.868. The fraction of sp³-hybridized carbons (Fsp3) is 0.417. The minimum Gasteiger partial charge on any atom is -0.496 e. The lowest BCUT2D eigenvalue weighted by Crippen LogP contribution is -2.27. The van der Waals surface area contributed by atoms with Gasteiger partial charge in [-0.25, -0.2) is 0 Å². The number of methoxy groups -OCH3 is 1. The number of halogens is 2. The lowest BCUT2D eigenvalue weighted by atomic mass is 10.1. The number of rotatable bonds is 4. The van der Waals surface area contributed by atoms with Crippen molar-refractivity contribution in [3.8, 4) is 5.75 Å². The van der Waals surface area contributed by atoms with E-state index in [1.165, 1.54) is 7.11 Å². The largest absolute Gasteiger partial charge is 0.496 e. The minimum absolute atomic E-state index is 0. The number of hydrogen-bond donors (Lipinski definition) is 1. The Morgan fingerprint density at radius 3 is 2.61 bits per heavy atom. The molecular formula is C12H18Cl2N2O2. The molecule has 0 saturated heterocycles. The van der Waals surface area contributed by atoms with Crippen LogP contribution in [0.5, 0.6) is 5.75 Å². The summed E-state index contributed by atoms with van der Waals surface area (Å²) in [5.74, 6) is 0.324. The van der Waals surface area contributed by atoms with Crippen molar-refractivity contribution in [2.45, 2.75) is 13.3 Å². The maximum Gasteiger partial charge on any atom is 0.257 e. The van der Waals surface area contributed by atoms with Crippen LogP contribution in [-0.2, 0) is 0 Å². The van der Waals surface area contributed by atoms with Crippen molar-refractivity contribution >= 4 is 35.6 Å². The summed E-state index contributed by atoms with van der Waals surface area (Å²) in [6, 6.07) is 3.11. The summed E-state index contributed by atoms with van der Waals surface area (Å²) in [6.45, 7) is 2.70. The Morgan fingerprint density at radius 2 is 2.11 bits per heavy atom. The zero-order chi connectivity index (χ0) is 13.0. The molecule has 0 spiro atoms. The number of nitrogen functional groups attached to an aromatic ring is 1. The van der Waals surface area contributed by atoms with Gasteiger partial charge in [-0.2, -0.15) is 0 Å². The molecule has 0 aliphatic heterocycles. The first kappa shape index (κ1) is 16.9. The molecule has 6 heteroatoms. The van der Waals surface area contributed by atoms with Crippen LogP contribution in [0.1, 0.15) is 23.7 Å². The van der Waals surface area contributed by atoms with Crippen molar-refractivity contribution in [1.82, 2.24) is 4.90 Å². The molecule has 0 atom stereocenters. The van der Waals surface area contributed by atoms with Crippen LogP contribution in [0.15, 0.2) is 12.1 Å². The SMILES string of the molecule is CCCN(C)C(=O)c1cc(Cl)c(N)cc1OC.Cl. The molecule has 2 N–H and O–H groups in total. The minimum atomic E-state index is -0.120. The van der Waals surface area contributed by atoms with E-state index in [1.54, 1.807) is 24.1 Å². The van der Waals surface area contributed by atoms with Crippen LogP contribution >= 0.6 is 24.0 Å². The van der Waals surface area contributed by atoms with Crippen molar-refractivity contribution in [3.63, 3.8) is 0 Å². The standard InChI is InChI=1S/C12H17ClN2O2.ClH/c1-4-5-15(2)12(16)8-6-9(13)10(14)7-11(8)17-3;/h6-7H,4-5,14H2,1-3H3;1H.